The minimum Gasteiger partial charge on any atom is -0.449 e. The van der Waals surface area contributed by atoms with Gasteiger partial charge in [0.05, 0.1) is 6.61 Å². The lowest BCUT2D eigenvalue weighted by Gasteiger charge is -2.09. The molecule has 0 bridgehead atoms. The Balaban J connectivity index is 1.64. The van der Waals surface area contributed by atoms with Crippen LogP contribution in [-0.4, -0.2) is 12.7 Å². The molecule has 0 spiro atoms. The molecular weight excluding hydrogens is 250 g/mol. The van der Waals surface area contributed by atoms with E-state index in [2.05, 4.69) is 12.2 Å². The first-order valence-corrected chi connectivity index (χ1v) is 6.65. The Labute approximate surface area is 112 Å². The molecule has 0 aliphatic heterocycles. The van der Waals surface area contributed by atoms with Crippen molar-refractivity contribution in [3.05, 3.63) is 29.3 Å². The molecule has 1 amide bonds. The van der Waals surface area contributed by atoms with Crippen molar-refractivity contribution in [2.24, 2.45) is 5.41 Å². The largest absolute Gasteiger partial charge is 0.449 e. The number of hydrogen-bond acceptors (Lipinski definition) is 2. The smallest absolute Gasteiger partial charge is 0.411 e. The van der Waals surface area contributed by atoms with Crippen molar-refractivity contribution in [2.45, 2.75) is 32.6 Å². The molecule has 1 N–H and O–H groups in total. The van der Waals surface area contributed by atoms with Gasteiger partial charge in [-0.15, -0.1) is 0 Å². The fraction of sp³-hybridized carbons (Fsp3) is 0.500. The number of nitrogens with one attached hydrogen (secondary N) is 1. The lowest BCUT2D eigenvalue weighted by molar-refractivity contribution is 0.157. The van der Waals surface area contributed by atoms with E-state index in [-0.39, 0.29) is 0 Å². The van der Waals surface area contributed by atoms with Crippen LogP contribution in [0.1, 0.15) is 32.6 Å². The lowest BCUT2D eigenvalue weighted by atomic mass is 10.0. The Morgan fingerprint density at radius 3 is 2.67 bits per heavy atom. The topological polar surface area (TPSA) is 38.3 Å². The quantitative estimate of drug-likeness (QED) is 0.800. The number of rotatable bonds is 5. The normalized spacial score (nSPS) is 16.1. The van der Waals surface area contributed by atoms with Crippen molar-refractivity contribution >= 4 is 23.4 Å². The summed E-state index contributed by atoms with van der Waals surface area (Å²) in [5.41, 5.74) is 1.22. The van der Waals surface area contributed by atoms with Crippen LogP contribution in [0.5, 0.6) is 0 Å². The predicted molar refractivity (Wildman–Crippen MR) is 73.0 cm³/mol. The van der Waals surface area contributed by atoms with Gasteiger partial charge in [-0.05, 0) is 55.4 Å². The van der Waals surface area contributed by atoms with Gasteiger partial charge in [0.15, 0.2) is 0 Å². The molecule has 18 heavy (non-hydrogen) atoms. The average molecular weight is 268 g/mol. The molecule has 1 saturated carbocycles. The number of anilines is 1. The molecule has 0 aromatic heterocycles. The summed E-state index contributed by atoms with van der Waals surface area (Å²) in [6, 6.07) is 6.94. The van der Waals surface area contributed by atoms with Crippen LogP contribution in [0.25, 0.3) is 0 Å². The zero-order valence-electron chi connectivity index (χ0n) is 10.5. The minimum absolute atomic E-state index is 0.404. The monoisotopic (exact) mass is 267 g/mol. The van der Waals surface area contributed by atoms with Crippen molar-refractivity contribution in [1.29, 1.82) is 0 Å². The van der Waals surface area contributed by atoms with Gasteiger partial charge in [0, 0.05) is 10.7 Å². The summed E-state index contributed by atoms with van der Waals surface area (Å²) in [6.07, 6.45) is 4.29. The van der Waals surface area contributed by atoms with Crippen LogP contribution in [0.4, 0.5) is 10.5 Å². The summed E-state index contributed by atoms with van der Waals surface area (Å²) in [6.45, 7) is 2.76. The number of carbonyl (C=O) groups excluding carboxylic acids is 1. The number of amides is 1. The standard InChI is InChI=1S/C14H18ClNO2/c1-14(8-9-14)7-2-10-18-13(17)16-12-5-3-11(15)4-6-12/h3-6H,2,7-10H2,1H3,(H,16,17). The van der Waals surface area contributed by atoms with E-state index in [9.17, 15) is 4.79 Å². The molecule has 0 saturated heterocycles. The van der Waals surface area contributed by atoms with Crippen molar-refractivity contribution < 1.29 is 9.53 Å². The average Bonchev–Trinajstić information content (AvgIpc) is 3.07. The summed E-state index contributed by atoms with van der Waals surface area (Å²) < 4.78 is 5.12. The van der Waals surface area contributed by atoms with Crippen molar-refractivity contribution in [1.82, 2.24) is 0 Å². The Hall–Kier alpha value is -1.22. The third kappa shape index (κ3) is 4.22. The van der Waals surface area contributed by atoms with Crippen molar-refractivity contribution in [3.63, 3.8) is 0 Å². The summed E-state index contributed by atoms with van der Waals surface area (Å²) in [7, 11) is 0. The third-order valence-corrected chi connectivity index (χ3v) is 3.60. The highest BCUT2D eigenvalue weighted by Crippen LogP contribution is 2.48. The van der Waals surface area contributed by atoms with E-state index in [1.54, 1.807) is 24.3 Å². The summed E-state index contributed by atoms with van der Waals surface area (Å²) in [5.74, 6) is 0. The van der Waals surface area contributed by atoms with Crippen molar-refractivity contribution in [2.75, 3.05) is 11.9 Å². The van der Waals surface area contributed by atoms with Crippen LogP contribution >= 0.6 is 11.6 Å². The summed E-state index contributed by atoms with van der Waals surface area (Å²) >= 11 is 5.76. The fourth-order valence-electron chi connectivity index (χ4n) is 1.81. The van der Waals surface area contributed by atoms with Gasteiger partial charge >= 0.3 is 6.09 Å². The highest BCUT2D eigenvalue weighted by atomic mass is 35.5. The summed E-state index contributed by atoms with van der Waals surface area (Å²) in [5, 5.41) is 3.31. The Morgan fingerprint density at radius 2 is 2.06 bits per heavy atom. The highest BCUT2D eigenvalue weighted by molar-refractivity contribution is 6.30. The maximum Gasteiger partial charge on any atom is 0.411 e. The van der Waals surface area contributed by atoms with E-state index in [4.69, 9.17) is 16.3 Å². The molecule has 0 unspecified atom stereocenters. The van der Waals surface area contributed by atoms with Gasteiger partial charge in [-0.25, -0.2) is 4.79 Å². The maximum absolute atomic E-state index is 11.5. The van der Waals surface area contributed by atoms with E-state index in [1.807, 2.05) is 0 Å². The van der Waals surface area contributed by atoms with Gasteiger partial charge in [-0.1, -0.05) is 18.5 Å². The zero-order chi connectivity index (χ0) is 13.0. The fourth-order valence-corrected chi connectivity index (χ4v) is 1.94. The molecule has 1 aromatic carbocycles. The number of halogens is 1. The van der Waals surface area contributed by atoms with Gasteiger partial charge in [0.2, 0.25) is 0 Å². The Morgan fingerprint density at radius 1 is 1.39 bits per heavy atom. The predicted octanol–water partition coefficient (Wildman–Crippen LogP) is 4.47. The van der Waals surface area contributed by atoms with Crippen LogP contribution in [0.2, 0.25) is 5.02 Å². The second-order valence-electron chi connectivity index (χ2n) is 5.18. The second kappa shape index (κ2) is 5.61. The van der Waals surface area contributed by atoms with E-state index in [0.29, 0.717) is 22.7 Å². The molecule has 1 aliphatic rings. The minimum atomic E-state index is -0.404. The molecule has 1 aromatic rings. The first-order valence-electron chi connectivity index (χ1n) is 6.27. The van der Waals surface area contributed by atoms with Gasteiger partial charge in [-0.3, -0.25) is 5.32 Å². The van der Waals surface area contributed by atoms with E-state index < -0.39 is 6.09 Å². The highest BCUT2D eigenvalue weighted by Gasteiger charge is 2.36. The molecule has 3 nitrogen and oxygen atoms in total. The number of benzene rings is 1. The molecule has 98 valence electrons. The number of ether oxygens (including phenoxy) is 1. The van der Waals surface area contributed by atoms with Gasteiger partial charge < -0.3 is 4.74 Å². The van der Waals surface area contributed by atoms with E-state index in [1.165, 1.54) is 12.8 Å². The zero-order valence-corrected chi connectivity index (χ0v) is 11.3. The lowest BCUT2D eigenvalue weighted by Crippen LogP contribution is -2.14. The van der Waals surface area contributed by atoms with Crippen LogP contribution in [-0.2, 0) is 4.74 Å². The van der Waals surface area contributed by atoms with Crippen LogP contribution < -0.4 is 5.32 Å². The van der Waals surface area contributed by atoms with Gasteiger partial charge in [0.1, 0.15) is 0 Å². The van der Waals surface area contributed by atoms with Crippen LogP contribution in [0, 0.1) is 5.41 Å². The summed E-state index contributed by atoms with van der Waals surface area (Å²) in [4.78, 5) is 11.5. The van der Waals surface area contributed by atoms with Crippen LogP contribution in [0.3, 0.4) is 0 Å². The van der Waals surface area contributed by atoms with Crippen LogP contribution in [0.15, 0.2) is 24.3 Å². The number of hydrogen-bond donors (Lipinski definition) is 1. The molecule has 1 aliphatic carbocycles. The van der Waals surface area contributed by atoms with E-state index in [0.717, 1.165) is 12.8 Å². The van der Waals surface area contributed by atoms with Gasteiger partial charge in [-0.2, -0.15) is 0 Å². The Bertz CT molecular complexity index is 412. The molecule has 0 heterocycles. The second-order valence-corrected chi connectivity index (χ2v) is 5.62. The Kier molecular flexibility index (Phi) is 4.12. The van der Waals surface area contributed by atoms with E-state index >= 15 is 0 Å². The molecule has 1 fully saturated rings. The molecule has 0 atom stereocenters. The molecule has 2 rings (SSSR count). The first kappa shape index (κ1) is 13.2. The molecule has 4 heteroatoms. The molecular formula is C14H18ClNO2. The maximum atomic E-state index is 11.5. The third-order valence-electron chi connectivity index (χ3n) is 3.35. The van der Waals surface area contributed by atoms with Gasteiger partial charge in [0.25, 0.3) is 0 Å². The van der Waals surface area contributed by atoms with Crippen molar-refractivity contribution in [3.8, 4) is 0 Å². The first-order chi connectivity index (χ1) is 8.57. The molecule has 0 radical (unpaired) electrons. The SMILES string of the molecule is CC1(CCCOC(=O)Nc2ccc(Cl)cc2)CC1. The number of carbonyl (C=O) groups is 1.